The van der Waals surface area contributed by atoms with E-state index >= 15 is 0 Å². The van der Waals surface area contributed by atoms with Crippen molar-refractivity contribution in [2.24, 2.45) is 5.73 Å². The fourth-order valence-electron chi connectivity index (χ4n) is 2.58. The molecular weight excluding hydrogens is 399 g/mol. The van der Waals surface area contributed by atoms with Crippen LogP contribution in [-0.4, -0.2) is 69.3 Å². The summed E-state index contributed by atoms with van der Waals surface area (Å²) < 4.78 is 26.7. The van der Waals surface area contributed by atoms with Crippen molar-refractivity contribution in [3.05, 3.63) is 29.8 Å². The standard InChI is InChI=1S/C16H26N4O3S.2ClH/c1-14-3-5-15(6-4-14)24(22,23)20-11-9-19(10-12-20)13-16(21)18-8-2-7-17;;/h3-6H,2,7-13,17H2,1H3,(H,18,21);2*1H. The molecule has 0 saturated carbocycles. The number of carbonyl (C=O) groups is 1. The molecule has 26 heavy (non-hydrogen) atoms. The first-order chi connectivity index (χ1) is 11.4. The van der Waals surface area contributed by atoms with Gasteiger partial charge in [-0.15, -0.1) is 24.8 Å². The Morgan fingerprint density at radius 1 is 1.12 bits per heavy atom. The van der Waals surface area contributed by atoms with Crippen molar-refractivity contribution in [3.8, 4) is 0 Å². The van der Waals surface area contributed by atoms with E-state index in [-0.39, 0.29) is 30.7 Å². The van der Waals surface area contributed by atoms with Crippen LogP contribution in [0, 0.1) is 6.92 Å². The van der Waals surface area contributed by atoms with E-state index < -0.39 is 10.0 Å². The average molecular weight is 427 g/mol. The van der Waals surface area contributed by atoms with Crippen LogP contribution in [0.3, 0.4) is 0 Å². The lowest BCUT2D eigenvalue weighted by molar-refractivity contribution is -0.122. The molecule has 1 aliphatic rings. The molecule has 2 rings (SSSR count). The van der Waals surface area contributed by atoms with Crippen molar-refractivity contribution in [1.82, 2.24) is 14.5 Å². The minimum atomic E-state index is -3.46. The Balaban J connectivity index is 0.00000312. The van der Waals surface area contributed by atoms with Crippen LogP contribution in [0.2, 0.25) is 0 Å². The molecule has 0 aliphatic carbocycles. The number of benzene rings is 1. The Labute approximate surface area is 168 Å². The van der Waals surface area contributed by atoms with Crippen molar-refractivity contribution in [2.45, 2.75) is 18.2 Å². The fourth-order valence-corrected chi connectivity index (χ4v) is 4.00. The number of piperazine rings is 1. The first-order valence-electron chi connectivity index (χ1n) is 8.19. The maximum absolute atomic E-state index is 12.6. The first-order valence-corrected chi connectivity index (χ1v) is 9.63. The number of hydrogen-bond donors (Lipinski definition) is 2. The average Bonchev–Trinajstić information content (AvgIpc) is 2.56. The van der Waals surface area contributed by atoms with Crippen molar-refractivity contribution in [3.63, 3.8) is 0 Å². The zero-order valence-electron chi connectivity index (χ0n) is 14.9. The number of sulfonamides is 1. The Bertz CT molecular complexity index is 648. The van der Waals surface area contributed by atoms with Gasteiger partial charge < -0.3 is 11.1 Å². The third-order valence-corrected chi connectivity index (χ3v) is 5.97. The van der Waals surface area contributed by atoms with E-state index in [1.54, 1.807) is 24.3 Å². The molecule has 1 amide bonds. The molecule has 1 saturated heterocycles. The van der Waals surface area contributed by atoms with E-state index in [1.807, 2.05) is 11.8 Å². The number of aryl methyl sites for hydroxylation is 1. The second-order valence-electron chi connectivity index (χ2n) is 5.99. The Hall–Kier alpha value is -0.900. The molecule has 0 spiro atoms. The molecule has 7 nitrogen and oxygen atoms in total. The first kappa shape index (κ1) is 25.1. The number of halogens is 2. The van der Waals surface area contributed by atoms with Gasteiger partial charge in [0.05, 0.1) is 11.4 Å². The predicted octanol–water partition coefficient (Wildman–Crippen LogP) is 0.610. The minimum Gasteiger partial charge on any atom is -0.355 e. The molecule has 0 aromatic heterocycles. The molecule has 0 bridgehead atoms. The fraction of sp³-hybridized carbons (Fsp3) is 0.562. The molecule has 10 heteroatoms. The molecule has 1 aromatic carbocycles. The highest BCUT2D eigenvalue weighted by Crippen LogP contribution is 2.18. The maximum atomic E-state index is 12.6. The summed E-state index contributed by atoms with van der Waals surface area (Å²) >= 11 is 0. The van der Waals surface area contributed by atoms with Gasteiger partial charge in [0, 0.05) is 32.7 Å². The van der Waals surface area contributed by atoms with Gasteiger partial charge >= 0.3 is 0 Å². The molecule has 150 valence electrons. The van der Waals surface area contributed by atoms with Crippen molar-refractivity contribution >= 4 is 40.7 Å². The lowest BCUT2D eigenvalue weighted by Crippen LogP contribution is -2.51. The van der Waals surface area contributed by atoms with Crippen LogP contribution in [0.1, 0.15) is 12.0 Å². The number of nitrogens with two attached hydrogens (primary N) is 1. The van der Waals surface area contributed by atoms with Crippen LogP contribution in [0.4, 0.5) is 0 Å². The van der Waals surface area contributed by atoms with E-state index in [0.29, 0.717) is 50.7 Å². The highest BCUT2D eigenvalue weighted by Gasteiger charge is 2.28. The highest BCUT2D eigenvalue weighted by atomic mass is 35.5. The van der Waals surface area contributed by atoms with Crippen molar-refractivity contribution < 1.29 is 13.2 Å². The van der Waals surface area contributed by atoms with E-state index in [4.69, 9.17) is 5.73 Å². The third-order valence-electron chi connectivity index (χ3n) is 4.06. The number of amides is 1. The summed E-state index contributed by atoms with van der Waals surface area (Å²) in [4.78, 5) is 14.1. The molecule has 0 atom stereocenters. The van der Waals surface area contributed by atoms with Crippen LogP contribution >= 0.6 is 24.8 Å². The van der Waals surface area contributed by atoms with Crippen molar-refractivity contribution in [1.29, 1.82) is 0 Å². The van der Waals surface area contributed by atoms with E-state index in [9.17, 15) is 13.2 Å². The van der Waals surface area contributed by atoms with Crippen LogP contribution < -0.4 is 11.1 Å². The smallest absolute Gasteiger partial charge is 0.243 e. The third kappa shape index (κ3) is 7.02. The molecule has 0 radical (unpaired) electrons. The Morgan fingerprint density at radius 2 is 1.69 bits per heavy atom. The second kappa shape index (κ2) is 11.7. The monoisotopic (exact) mass is 426 g/mol. The normalized spacial score (nSPS) is 15.6. The van der Waals surface area contributed by atoms with Gasteiger partial charge in [0.1, 0.15) is 0 Å². The minimum absolute atomic E-state index is 0. The molecule has 1 aliphatic heterocycles. The number of nitrogens with zero attached hydrogens (tertiary/aromatic N) is 2. The largest absolute Gasteiger partial charge is 0.355 e. The topological polar surface area (TPSA) is 95.7 Å². The molecule has 1 heterocycles. The lowest BCUT2D eigenvalue weighted by atomic mass is 10.2. The SMILES string of the molecule is Cc1ccc(S(=O)(=O)N2CCN(CC(=O)NCCCN)CC2)cc1.Cl.Cl. The Morgan fingerprint density at radius 3 is 2.23 bits per heavy atom. The summed E-state index contributed by atoms with van der Waals surface area (Å²) in [5.74, 6) is -0.0432. The quantitative estimate of drug-likeness (QED) is 0.622. The molecular formula is C16H28Cl2N4O3S. The Kier molecular flexibility index (Phi) is 11.3. The second-order valence-corrected chi connectivity index (χ2v) is 7.92. The summed E-state index contributed by atoms with van der Waals surface area (Å²) in [5.41, 5.74) is 6.41. The zero-order chi connectivity index (χ0) is 17.6. The number of rotatable bonds is 7. The van der Waals surface area contributed by atoms with Crippen LogP contribution in [0.15, 0.2) is 29.2 Å². The highest BCUT2D eigenvalue weighted by molar-refractivity contribution is 7.89. The van der Waals surface area contributed by atoms with E-state index in [1.165, 1.54) is 4.31 Å². The van der Waals surface area contributed by atoms with Crippen LogP contribution in [-0.2, 0) is 14.8 Å². The van der Waals surface area contributed by atoms with Gasteiger partial charge in [0.25, 0.3) is 0 Å². The maximum Gasteiger partial charge on any atom is 0.243 e. The molecule has 1 aromatic rings. The molecule has 1 fully saturated rings. The summed E-state index contributed by atoms with van der Waals surface area (Å²) in [6.45, 7) is 5.24. The summed E-state index contributed by atoms with van der Waals surface area (Å²) in [7, 11) is -3.46. The van der Waals surface area contributed by atoms with Gasteiger partial charge in [0.2, 0.25) is 15.9 Å². The summed E-state index contributed by atoms with van der Waals surface area (Å²) in [6, 6.07) is 6.88. The molecule has 0 unspecified atom stereocenters. The molecule has 3 N–H and O–H groups in total. The van der Waals surface area contributed by atoms with E-state index in [2.05, 4.69) is 5.32 Å². The number of hydrogen-bond acceptors (Lipinski definition) is 5. The summed E-state index contributed by atoms with van der Waals surface area (Å²) in [6.07, 6.45) is 0.758. The zero-order valence-corrected chi connectivity index (χ0v) is 17.3. The van der Waals surface area contributed by atoms with Gasteiger partial charge in [-0.1, -0.05) is 17.7 Å². The van der Waals surface area contributed by atoms with Crippen molar-refractivity contribution in [2.75, 3.05) is 45.8 Å². The lowest BCUT2D eigenvalue weighted by Gasteiger charge is -2.33. The summed E-state index contributed by atoms with van der Waals surface area (Å²) in [5, 5.41) is 2.81. The van der Waals surface area contributed by atoms with E-state index in [0.717, 1.165) is 12.0 Å². The van der Waals surface area contributed by atoms with Gasteiger partial charge in [-0.25, -0.2) is 8.42 Å². The van der Waals surface area contributed by atoms with Gasteiger partial charge in [-0.3, -0.25) is 9.69 Å². The van der Waals surface area contributed by atoms with Gasteiger partial charge in [-0.2, -0.15) is 4.31 Å². The van der Waals surface area contributed by atoms with Gasteiger partial charge in [-0.05, 0) is 32.0 Å². The van der Waals surface area contributed by atoms with Crippen LogP contribution in [0.5, 0.6) is 0 Å². The predicted molar refractivity (Wildman–Crippen MR) is 108 cm³/mol. The number of carbonyl (C=O) groups excluding carboxylic acids is 1. The van der Waals surface area contributed by atoms with Gasteiger partial charge in [0.15, 0.2) is 0 Å². The van der Waals surface area contributed by atoms with Crippen LogP contribution in [0.25, 0.3) is 0 Å². The number of nitrogens with one attached hydrogen (secondary N) is 1.